The average Bonchev–Trinajstić information content (AvgIpc) is 3.18. The number of aromatic nitrogens is 4. The summed E-state index contributed by atoms with van der Waals surface area (Å²) in [6.07, 6.45) is 2.81. The van der Waals surface area contributed by atoms with Gasteiger partial charge in [0.15, 0.2) is 0 Å². The number of aryl methyl sites for hydroxylation is 2. The molecule has 138 valence electrons. The Balaban J connectivity index is 1.48. The van der Waals surface area contributed by atoms with Gasteiger partial charge in [0, 0.05) is 51.0 Å². The average molecular weight is 355 g/mol. The zero-order valence-corrected chi connectivity index (χ0v) is 15.4. The maximum atomic E-state index is 5.97. The number of anilines is 3. The van der Waals surface area contributed by atoms with Crippen molar-refractivity contribution in [1.82, 2.24) is 19.9 Å². The fourth-order valence-electron chi connectivity index (χ4n) is 3.58. The standard InChI is InChI=1S/C18H25N7O/c1-12-10-20-13(2)17(21-12)25-6-4-24(5-7-25)16-9-15(22-18(19)23-16)14-3-8-26-11-14/h9-10,14H,3-8,11H2,1-2H3,(H2,19,22,23)/t14-/m1/s1. The summed E-state index contributed by atoms with van der Waals surface area (Å²) in [6, 6.07) is 2.07. The highest BCUT2D eigenvalue weighted by atomic mass is 16.5. The number of hydrogen-bond acceptors (Lipinski definition) is 8. The van der Waals surface area contributed by atoms with Crippen LogP contribution in [0.4, 0.5) is 17.6 Å². The molecule has 0 saturated carbocycles. The number of hydrogen-bond donors (Lipinski definition) is 1. The van der Waals surface area contributed by atoms with Crippen molar-refractivity contribution in [3.8, 4) is 0 Å². The molecule has 2 fully saturated rings. The van der Waals surface area contributed by atoms with E-state index in [0.717, 1.165) is 74.5 Å². The molecule has 0 aliphatic carbocycles. The molecule has 0 spiro atoms. The van der Waals surface area contributed by atoms with Crippen LogP contribution in [0.3, 0.4) is 0 Å². The number of nitrogens with two attached hydrogens (primary N) is 1. The molecule has 4 heterocycles. The molecular weight excluding hydrogens is 330 g/mol. The lowest BCUT2D eigenvalue weighted by Crippen LogP contribution is -2.47. The highest BCUT2D eigenvalue weighted by Crippen LogP contribution is 2.27. The Labute approximate surface area is 153 Å². The summed E-state index contributed by atoms with van der Waals surface area (Å²) in [7, 11) is 0. The number of nitrogens with zero attached hydrogens (tertiary/aromatic N) is 6. The van der Waals surface area contributed by atoms with Gasteiger partial charge in [0.2, 0.25) is 5.95 Å². The Kier molecular flexibility index (Phi) is 4.58. The Bertz CT molecular complexity index is 783. The molecule has 1 atom stereocenters. The number of nitrogen functional groups attached to an aromatic ring is 1. The maximum Gasteiger partial charge on any atom is 0.222 e. The quantitative estimate of drug-likeness (QED) is 0.880. The van der Waals surface area contributed by atoms with E-state index in [4.69, 9.17) is 10.5 Å². The van der Waals surface area contributed by atoms with E-state index in [2.05, 4.69) is 35.8 Å². The van der Waals surface area contributed by atoms with E-state index in [-0.39, 0.29) is 0 Å². The van der Waals surface area contributed by atoms with Gasteiger partial charge in [-0.25, -0.2) is 9.97 Å². The third kappa shape index (κ3) is 3.41. The van der Waals surface area contributed by atoms with Crippen LogP contribution in [0.15, 0.2) is 12.3 Å². The first kappa shape index (κ1) is 17.0. The van der Waals surface area contributed by atoms with E-state index in [9.17, 15) is 0 Å². The van der Waals surface area contributed by atoms with Gasteiger partial charge < -0.3 is 20.3 Å². The molecule has 0 bridgehead atoms. The molecular formula is C18H25N7O. The van der Waals surface area contributed by atoms with Gasteiger partial charge in [0.1, 0.15) is 11.6 Å². The fourth-order valence-corrected chi connectivity index (χ4v) is 3.58. The summed E-state index contributed by atoms with van der Waals surface area (Å²) in [5.41, 5.74) is 8.88. The van der Waals surface area contributed by atoms with Crippen molar-refractivity contribution in [3.63, 3.8) is 0 Å². The number of ether oxygens (including phenoxy) is 1. The van der Waals surface area contributed by atoms with E-state index in [1.54, 1.807) is 0 Å². The van der Waals surface area contributed by atoms with Crippen molar-refractivity contribution in [2.45, 2.75) is 26.2 Å². The molecule has 0 unspecified atom stereocenters. The van der Waals surface area contributed by atoms with E-state index in [1.807, 2.05) is 20.0 Å². The number of rotatable bonds is 3. The summed E-state index contributed by atoms with van der Waals surface area (Å²) in [4.78, 5) is 22.5. The molecule has 26 heavy (non-hydrogen) atoms. The zero-order chi connectivity index (χ0) is 18.1. The van der Waals surface area contributed by atoms with Gasteiger partial charge in [0.05, 0.1) is 23.7 Å². The number of piperazine rings is 1. The van der Waals surface area contributed by atoms with Gasteiger partial charge in [-0.15, -0.1) is 0 Å². The van der Waals surface area contributed by atoms with Crippen LogP contribution in [-0.4, -0.2) is 59.3 Å². The van der Waals surface area contributed by atoms with Crippen molar-refractivity contribution in [1.29, 1.82) is 0 Å². The summed E-state index contributed by atoms with van der Waals surface area (Å²) < 4.78 is 5.49. The van der Waals surface area contributed by atoms with Gasteiger partial charge in [-0.2, -0.15) is 4.98 Å². The lowest BCUT2D eigenvalue weighted by atomic mass is 10.0. The Morgan fingerprint density at radius 3 is 2.58 bits per heavy atom. The van der Waals surface area contributed by atoms with E-state index < -0.39 is 0 Å². The van der Waals surface area contributed by atoms with Gasteiger partial charge >= 0.3 is 0 Å². The minimum Gasteiger partial charge on any atom is -0.381 e. The van der Waals surface area contributed by atoms with Crippen LogP contribution in [0.1, 0.15) is 29.4 Å². The fraction of sp³-hybridized carbons (Fsp3) is 0.556. The summed E-state index contributed by atoms with van der Waals surface area (Å²) in [5, 5.41) is 0. The smallest absolute Gasteiger partial charge is 0.222 e. The van der Waals surface area contributed by atoms with Crippen molar-refractivity contribution in [3.05, 3.63) is 29.3 Å². The Hall–Kier alpha value is -2.48. The van der Waals surface area contributed by atoms with Crippen LogP contribution >= 0.6 is 0 Å². The molecule has 0 aromatic carbocycles. The normalized spacial score (nSPS) is 20.6. The second-order valence-corrected chi connectivity index (χ2v) is 6.96. The molecule has 4 rings (SSSR count). The van der Waals surface area contributed by atoms with E-state index in [1.165, 1.54) is 0 Å². The van der Waals surface area contributed by atoms with E-state index >= 15 is 0 Å². The predicted octanol–water partition coefficient (Wildman–Crippen LogP) is 1.30. The Morgan fingerprint density at radius 2 is 1.85 bits per heavy atom. The van der Waals surface area contributed by atoms with E-state index in [0.29, 0.717) is 11.9 Å². The predicted molar refractivity (Wildman–Crippen MR) is 101 cm³/mol. The highest BCUT2D eigenvalue weighted by molar-refractivity contribution is 5.49. The summed E-state index contributed by atoms with van der Waals surface area (Å²) in [6.45, 7) is 8.99. The van der Waals surface area contributed by atoms with Gasteiger partial charge in [-0.3, -0.25) is 4.98 Å². The Morgan fingerprint density at radius 1 is 1.08 bits per heavy atom. The second-order valence-electron chi connectivity index (χ2n) is 6.96. The third-order valence-electron chi connectivity index (χ3n) is 5.05. The molecule has 0 amide bonds. The van der Waals surface area contributed by atoms with Crippen LogP contribution in [0.5, 0.6) is 0 Å². The molecule has 0 radical (unpaired) electrons. The van der Waals surface area contributed by atoms with Crippen molar-refractivity contribution >= 4 is 17.6 Å². The van der Waals surface area contributed by atoms with Crippen LogP contribution in [0, 0.1) is 13.8 Å². The monoisotopic (exact) mass is 355 g/mol. The highest BCUT2D eigenvalue weighted by Gasteiger charge is 2.24. The first-order valence-corrected chi connectivity index (χ1v) is 9.12. The lowest BCUT2D eigenvalue weighted by Gasteiger charge is -2.36. The van der Waals surface area contributed by atoms with Crippen LogP contribution in [0.25, 0.3) is 0 Å². The minimum atomic E-state index is 0.325. The maximum absolute atomic E-state index is 5.97. The molecule has 2 N–H and O–H groups in total. The van der Waals surface area contributed by atoms with Gasteiger partial charge in [-0.05, 0) is 20.3 Å². The van der Waals surface area contributed by atoms with Crippen molar-refractivity contribution in [2.75, 3.05) is 54.9 Å². The molecule has 2 aromatic rings. The molecule has 8 heteroatoms. The second kappa shape index (κ2) is 7.03. The van der Waals surface area contributed by atoms with Gasteiger partial charge in [-0.1, -0.05) is 0 Å². The minimum absolute atomic E-state index is 0.325. The van der Waals surface area contributed by atoms with Crippen molar-refractivity contribution in [2.24, 2.45) is 0 Å². The topological polar surface area (TPSA) is 93.3 Å². The van der Waals surface area contributed by atoms with Crippen LogP contribution in [-0.2, 0) is 4.74 Å². The molecule has 2 aromatic heterocycles. The van der Waals surface area contributed by atoms with Crippen LogP contribution in [0.2, 0.25) is 0 Å². The molecule has 8 nitrogen and oxygen atoms in total. The largest absolute Gasteiger partial charge is 0.381 e. The molecule has 2 aliphatic heterocycles. The zero-order valence-electron chi connectivity index (χ0n) is 15.4. The SMILES string of the molecule is Cc1cnc(C)c(N2CCN(c3cc([C@@H]4CCOC4)nc(N)n3)CC2)n1. The lowest BCUT2D eigenvalue weighted by molar-refractivity contribution is 0.193. The van der Waals surface area contributed by atoms with Gasteiger partial charge in [0.25, 0.3) is 0 Å². The molecule has 2 aliphatic rings. The van der Waals surface area contributed by atoms with Crippen molar-refractivity contribution < 1.29 is 4.74 Å². The molecule has 2 saturated heterocycles. The van der Waals surface area contributed by atoms with Crippen LogP contribution < -0.4 is 15.5 Å². The summed E-state index contributed by atoms with van der Waals surface area (Å²) >= 11 is 0. The first-order chi connectivity index (χ1) is 12.6. The third-order valence-corrected chi connectivity index (χ3v) is 5.05. The first-order valence-electron chi connectivity index (χ1n) is 9.12. The summed E-state index contributed by atoms with van der Waals surface area (Å²) in [5.74, 6) is 2.56.